The first-order valence-electron chi connectivity index (χ1n) is 12.2. The van der Waals surface area contributed by atoms with Crippen molar-refractivity contribution in [3.8, 4) is 11.5 Å². The molecule has 7 heteroatoms. The molecular weight excluding hydrogens is 546 g/mol. The summed E-state index contributed by atoms with van der Waals surface area (Å²) in [5.41, 5.74) is 3.53. The molecule has 0 aliphatic carbocycles. The minimum atomic E-state index is -0.871. The normalized spacial score (nSPS) is 16.3. The van der Waals surface area contributed by atoms with E-state index in [0.717, 1.165) is 16.7 Å². The van der Waals surface area contributed by atoms with Gasteiger partial charge in [0.2, 0.25) is 5.90 Å². The van der Waals surface area contributed by atoms with Crippen molar-refractivity contribution in [1.29, 1.82) is 0 Å². The third-order valence-corrected chi connectivity index (χ3v) is 6.78. The smallest absolute Gasteiger partial charge is 0.335 e. The van der Waals surface area contributed by atoms with Crippen LogP contribution in [0, 0.1) is 0 Å². The number of halogens is 1. The fraction of sp³-hybridized carbons (Fsp3) is 0.161. The maximum Gasteiger partial charge on any atom is 0.335 e. The summed E-state index contributed by atoms with van der Waals surface area (Å²) in [5.74, 6) is 0.999. The number of esters is 1. The van der Waals surface area contributed by atoms with Gasteiger partial charge in [0.15, 0.2) is 23.6 Å². The molecule has 1 aliphatic rings. The molecule has 0 aromatic heterocycles. The molecule has 4 aromatic rings. The number of benzene rings is 4. The molecule has 0 fully saturated rings. The minimum absolute atomic E-state index is 0.349. The summed E-state index contributed by atoms with van der Waals surface area (Å²) >= 11 is 3.67. The largest absolute Gasteiger partial charge is 0.485 e. The van der Waals surface area contributed by atoms with Crippen LogP contribution in [-0.4, -0.2) is 25.0 Å². The van der Waals surface area contributed by atoms with Gasteiger partial charge in [-0.05, 0) is 35.4 Å². The van der Waals surface area contributed by atoms with Crippen molar-refractivity contribution < 1.29 is 23.7 Å². The van der Waals surface area contributed by atoms with Crippen LogP contribution in [0.1, 0.15) is 28.4 Å². The SMILES string of the molecule is COC(=O)C1N=C(c2ccccc2)OC1c1cc(OCc2ccccc2)c(OCc2ccccc2)cc1Br. The van der Waals surface area contributed by atoms with E-state index in [1.54, 1.807) is 0 Å². The Balaban J connectivity index is 1.48. The van der Waals surface area contributed by atoms with Crippen LogP contribution < -0.4 is 9.47 Å². The summed E-state index contributed by atoms with van der Waals surface area (Å²) in [4.78, 5) is 17.3. The maximum absolute atomic E-state index is 12.7. The number of nitrogens with zero attached hydrogens (tertiary/aromatic N) is 1. The molecule has 6 nitrogen and oxygen atoms in total. The number of methoxy groups -OCH3 is 1. The van der Waals surface area contributed by atoms with E-state index in [0.29, 0.717) is 40.6 Å². The van der Waals surface area contributed by atoms with E-state index < -0.39 is 18.1 Å². The van der Waals surface area contributed by atoms with E-state index >= 15 is 0 Å². The second-order valence-corrected chi connectivity index (χ2v) is 9.53. The van der Waals surface area contributed by atoms with Crippen LogP contribution in [0.2, 0.25) is 0 Å². The van der Waals surface area contributed by atoms with Gasteiger partial charge in [0.05, 0.1) is 7.11 Å². The Morgan fingerprint density at radius 1 is 0.816 bits per heavy atom. The second-order valence-electron chi connectivity index (χ2n) is 8.68. The molecule has 0 N–H and O–H groups in total. The van der Waals surface area contributed by atoms with E-state index in [9.17, 15) is 4.79 Å². The molecule has 38 heavy (non-hydrogen) atoms. The molecule has 2 atom stereocenters. The highest BCUT2D eigenvalue weighted by atomic mass is 79.9. The van der Waals surface area contributed by atoms with Crippen LogP contribution in [0.4, 0.5) is 0 Å². The lowest BCUT2D eigenvalue weighted by Gasteiger charge is -2.21. The molecule has 0 saturated carbocycles. The number of rotatable bonds is 9. The van der Waals surface area contributed by atoms with Crippen molar-refractivity contribution >= 4 is 27.8 Å². The van der Waals surface area contributed by atoms with Gasteiger partial charge in [-0.25, -0.2) is 9.79 Å². The minimum Gasteiger partial charge on any atom is -0.485 e. The highest BCUT2D eigenvalue weighted by Crippen LogP contribution is 2.42. The maximum atomic E-state index is 12.7. The van der Waals surface area contributed by atoms with Crippen molar-refractivity contribution in [2.45, 2.75) is 25.4 Å². The Morgan fingerprint density at radius 3 is 1.89 bits per heavy atom. The summed E-state index contributed by atoms with van der Waals surface area (Å²) in [6.45, 7) is 0.724. The Hall–Kier alpha value is -4.10. The van der Waals surface area contributed by atoms with Gasteiger partial charge in [0.1, 0.15) is 13.2 Å². The van der Waals surface area contributed by atoms with Gasteiger partial charge >= 0.3 is 5.97 Å². The highest BCUT2D eigenvalue weighted by Gasteiger charge is 2.40. The topological polar surface area (TPSA) is 66.4 Å². The first-order chi connectivity index (χ1) is 18.6. The van der Waals surface area contributed by atoms with Crippen molar-refractivity contribution in [3.63, 3.8) is 0 Å². The molecule has 1 aliphatic heterocycles. The summed E-state index contributed by atoms with van der Waals surface area (Å²) in [6, 6.07) is 32.1. The predicted octanol–water partition coefficient (Wildman–Crippen LogP) is 6.67. The average Bonchev–Trinajstić information content (AvgIpc) is 3.42. The zero-order chi connectivity index (χ0) is 26.3. The number of carbonyl (C=O) groups is 1. The number of ether oxygens (including phenoxy) is 4. The monoisotopic (exact) mass is 571 g/mol. The van der Waals surface area contributed by atoms with Gasteiger partial charge in [0.25, 0.3) is 0 Å². The molecule has 2 unspecified atom stereocenters. The quantitative estimate of drug-likeness (QED) is 0.210. The second kappa shape index (κ2) is 12.0. The summed E-state index contributed by atoms with van der Waals surface area (Å²) < 4.78 is 24.4. The van der Waals surface area contributed by atoms with E-state index in [2.05, 4.69) is 20.9 Å². The zero-order valence-corrected chi connectivity index (χ0v) is 22.3. The lowest BCUT2D eigenvalue weighted by atomic mass is 10.0. The molecule has 4 aromatic carbocycles. The number of aliphatic imine (C=N–C) groups is 1. The Bertz CT molecular complexity index is 1410. The Kier molecular flexibility index (Phi) is 8.04. The van der Waals surface area contributed by atoms with Crippen molar-refractivity contribution in [3.05, 3.63) is 130 Å². The molecule has 5 rings (SSSR count). The molecular formula is C31H26BrNO5. The van der Waals surface area contributed by atoms with Crippen molar-refractivity contribution in [1.82, 2.24) is 0 Å². The standard InChI is InChI=1S/C31H26BrNO5/c1-35-31(34)28-29(38-30(33-28)23-15-9-4-10-16-23)24-17-26(36-19-21-11-5-2-6-12-21)27(18-25(24)32)37-20-22-13-7-3-8-14-22/h2-18,28-29H,19-20H2,1H3. The molecule has 0 saturated heterocycles. The van der Waals surface area contributed by atoms with E-state index in [4.69, 9.17) is 18.9 Å². The first kappa shape index (κ1) is 25.5. The van der Waals surface area contributed by atoms with Crippen LogP contribution in [-0.2, 0) is 27.5 Å². The summed E-state index contributed by atoms with van der Waals surface area (Å²) in [5, 5.41) is 0. The van der Waals surface area contributed by atoms with E-state index in [1.807, 2.05) is 103 Å². The van der Waals surface area contributed by atoms with E-state index in [-0.39, 0.29) is 0 Å². The first-order valence-corrected chi connectivity index (χ1v) is 13.0. The van der Waals surface area contributed by atoms with Gasteiger partial charge in [-0.3, -0.25) is 0 Å². The fourth-order valence-corrected chi connectivity index (χ4v) is 4.68. The van der Waals surface area contributed by atoms with Crippen molar-refractivity contribution in [2.75, 3.05) is 7.11 Å². The average molecular weight is 572 g/mol. The van der Waals surface area contributed by atoms with Gasteiger partial charge in [-0.15, -0.1) is 0 Å². The van der Waals surface area contributed by atoms with E-state index in [1.165, 1.54) is 7.11 Å². The van der Waals surface area contributed by atoms with Gasteiger partial charge in [-0.1, -0.05) is 94.8 Å². The van der Waals surface area contributed by atoms with Crippen molar-refractivity contribution in [2.24, 2.45) is 4.99 Å². The van der Waals surface area contributed by atoms with Gasteiger partial charge in [-0.2, -0.15) is 0 Å². The summed E-state index contributed by atoms with van der Waals surface area (Å²) in [7, 11) is 1.35. The van der Waals surface area contributed by atoms with Crippen LogP contribution >= 0.6 is 15.9 Å². The highest BCUT2D eigenvalue weighted by molar-refractivity contribution is 9.10. The van der Waals surface area contributed by atoms with Gasteiger partial charge in [0, 0.05) is 15.6 Å². The number of carbonyl (C=O) groups excluding carboxylic acids is 1. The van der Waals surface area contributed by atoms with Crippen LogP contribution in [0.25, 0.3) is 0 Å². The number of hydrogen-bond acceptors (Lipinski definition) is 6. The van der Waals surface area contributed by atoms with Crippen LogP contribution in [0.3, 0.4) is 0 Å². The third-order valence-electron chi connectivity index (χ3n) is 6.09. The Morgan fingerprint density at radius 2 is 1.34 bits per heavy atom. The molecule has 0 spiro atoms. The molecule has 0 bridgehead atoms. The lowest BCUT2D eigenvalue weighted by Crippen LogP contribution is -2.25. The molecule has 192 valence electrons. The van der Waals surface area contributed by atoms with Crippen LogP contribution in [0.5, 0.6) is 11.5 Å². The fourth-order valence-electron chi connectivity index (χ4n) is 4.13. The molecule has 0 radical (unpaired) electrons. The summed E-state index contributed by atoms with van der Waals surface area (Å²) in [6.07, 6.45) is -0.714. The zero-order valence-electron chi connectivity index (χ0n) is 20.8. The predicted molar refractivity (Wildman–Crippen MR) is 148 cm³/mol. The molecule has 0 amide bonds. The number of hydrogen-bond donors (Lipinski definition) is 0. The Labute approximate surface area is 230 Å². The van der Waals surface area contributed by atoms with Crippen LogP contribution in [0.15, 0.2) is 113 Å². The van der Waals surface area contributed by atoms with Gasteiger partial charge < -0.3 is 18.9 Å². The lowest BCUT2D eigenvalue weighted by molar-refractivity contribution is -0.143. The third kappa shape index (κ3) is 5.89. The molecule has 1 heterocycles.